The molecule has 0 aliphatic rings. The van der Waals surface area contributed by atoms with Crippen LogP contribution in [0.15, 0.2) is 18.2 Å². The van der Waals surface area contributed by atoms with E-state index in [0.29, 0.717) is 35.9 Å². The number of ether oxygens (including phenoxy) is 2. The van der Waals surface area contributed by atoms with Crippen LogP contribution < -0.4 is 10.1 Å². The fraction of sp³-hybridized carbons (Fsp3) is 0.556. The number of nitrogens with one attached hydrogen (secondary N) is 1. The highest BCUT2D eigenvalue weighted by molar-refractivity contribution is 5.98. The molecule has 0 fully saturated rings. The molecule has 0 aliphatic heterocycles. The van der Waals surface area contributed by atoms with Crippen LogP contribution in [-0.4, -0.2) is 25.2 Å². The number of nitriles is 1. The first-order valence-corrected chi connectivity index (χ1v) is 7.89. The van der Waals surface area contributed by atoms with Gasteiger partial charge in [0.2, 0.25) is 0 Å². The third-order valence-corrected chi connectivity index (χ3v) is 3.56. The fourth-order valence-electron chi connectivity index (χ4n) is 2.34. The largest absolute Gasteiger partial charge is 0.494 e. The van der Waals surface area contributed by atoms with Crippen molar-refractivity contribution in [2.24, 2.45) is 5.92 Å². The number of amides is 1. The average molecular weight is 318 g/mol. The second kappa shape index (κ2) is 8.54. The van der Waals surface area contributed by atoms with Gasteiger partial charge in [-0.2, -0.15) is 5.26 Å². The first-order valence-electron chi connectivity index (χ1n) is 7.89. The Morgan fingerprint density at radius 2 is 2.13 bits per heavy atom. The van der Waals surface area contributed by atoms with Crippen LogP contribution >= 0.6 is 0 Å². The summed E-state index contributed by atoms with van der Waals surface area (Å²) in [5, 5.41) is 12.1. The molecule has 1 N–H and O–H groups in total. The lowest BCUT2D eigenvalue weighted by atomic mass is 9.93. The number of carbonyl (C=O) groups excluding carboxylic acids is 1. The third-order valence-electron chi connectivity index (χ3n) is 3.56. The van der Waals surface area contributed by atoms with Gasteiger partial charge in [-0.05, 0) is 43.9 Å². The normalized spacial score (nSPS) is 13.3. The SMILES string of the molecule is CCCOc1ccc(NC(=O)[C@](C)(CC(C)C)OC)c(C#N)c1. The molecule has 0 saturated heterocycles. The highest BCUT2D eigenvalue weighted by Gasteiger charge is 2.34. The summed E-state index contributed by atoms with van der Waals surface area (Å²) < 4.78 is 10.9. The number of hydrogen-bond donors (Lipinski definition) is 1. The van der Waals surface area contributed by atoms with E-state index < -0.39 is 5.60 Å². The van der Waals surface area contributed by atoms with Gasteiger partial charge in [-0.1, -0.05) is 20.8 Å². The number of nitrogens with zero attached hydrogens (tertiary/aromatic N) is 1. The summed E-state index contributed by atoms with van der Waals surface area (Å²) >= 11 is 0. The molecule has 0 radical (unpaired) electrons. The van der Waals surface area contributed by atoms with E-state index in [-0.39, 0.29) is 5.91 Å². The van der Waals surface area contributed by atoms with Gasteiger partial charge in [-0.25, -0.2) is 0 Å². The molecule has 0 unspecified atom stereocenters. The van der Waals surface area contributed by atoms with E-state index in [1.54, 1.807) is 25.1 Å². The molecular formula is C18H26N2O3. The predicted octanol–water partition coefficient (Wildman–Crippen LogP) is 3.74. The number of rotatable bonds is 8. The van der Waals surface area contributed by atoms with Gasteiger partial charge in [0.25, 0.3) is 5.91 Å². The van der Waals surface area contributed by atoms with Crippen molar-refractivity contribution >= 4 is 11.6 Å². The van der Waals surface area contributed by atoms with E-state index in [0.717, 1.165) is 6.42 Å². The van der Waals surface area contributed by atoms with Crippen LogP contribution in [0.25, 0.3) is 0 Å². The topological polar surface area (TPSA) is 71.3 Å². The van der Waals surface area contributed by atoms with Crippen molar-refractivity contribution in [2.75, 3.05) is 19.0 Å². The molecule has 0 aliphatic carbocycles. The minimum Gasteiger partial charge on any atom is -0.494 e. The summed E-state index contributed by atoms with van der Waals surface area (Å²) in [5.41, 5.74) is -0.0958. The van der Waals surface area contributed by atoms with Gasteiger partial charge in [0, 0.05) is 7.11 Å². The van der Waals surface area contributed by atoms with Crippen LogP contribution in [0.3, 0.4) is 0 Å². The molecule has 23 heavy (non-hydrogen) atoms. The lowest BCUT2D eigenvalue weighted by Crippen LogP contribution is -2.43. The molecule has 0 saturated carbocycles. The lowest BCUT2D eigenvalue weighted by Gasteiger charge is -2.28. The van der Waals surface area contributed by atoms with Gasteiger partial charge in [-0.15, -0.1) is 0 Å². The molecule has 1 rings (SSSR count). The number of hydrogen-bond acceptors (Lipinski definition) is 4. The van der Waals surface area contributed by atoms with Crippen molar-refractivity contribution in [3.05, 3.63) is 23.8 Å². The Kier molecular flexibility index (Phi) is 7.05. The van der Waals surface area contributed by atoms with Gasteiger partial charge in [0.1, 0.15) is 17.4 Å². The average Bonchev–Trinajstić information content (AvgIpc) is 2.52. The molecule has 0 aromatic heterocycles. The number of methoxy groups -OCH3 is 1. The Hall–Kier alpha value is -2.06. The first-order chi connectivity index (χ1) is 10.9. The van der Waals surface area contributed by atoms with Crippen LogP contribution in [0, 0.1) is 17.2 Å². The zero-order chi connectivity index (χ0) is 17.5. The van der Waals surface area contributed by atoms with Crippen molar-refractivity contribution in [3.8, 4) is 11.8 Å². The molecule has 1 amide bonds. The van der Waals surface area contributed by atoms with Crippen molar-refractivity contribution in [1.82, 2.24) is 0 Å². The highest BCUT2D eigenvalue weighted by Crippen LogP contribution is 2.26. The van der Waals surface area contributed by atoms with Gasteiger partial charge in [0.05, 0.1) is 17.9 Å². The molecule has 1 aromatic rings. The first kappa shape index (κ1) is 19.0. The Labute approximate surface area is 138 Å². The van der Waals surface area contributed by atoms with Gasteiger partial charge in [0.15, 0.2) is 0 Å². The standard InChI is InChI=1S/C18H26N2O3/c1-6-9-23-15-7-8-16(14(10-15)12-19)20-17(21)18(4,22-5)11-13(2)3/h7-8,10,13H,6,9,11H2,1-5H3,(H,20,21)/t18-/m0/s1. The Morgan fingerprint density at radius 3 is 2.65 bits per heavy atom. The maximum Gasteiger partial charge on any atom is 0.256 e. The van der Waals surface area contributed by atoms with Crippen molar-refractivity contribution in [2.45, 2.75) is 46.1 Å². The summed E-state index contributed by atoms with van der Waals surface area (Å²) in [6.07, 6.45) is 1.48. The number of benzene rings is 1. The van der Waals surface area contributed by atoms with E-state index in [4.69, 9.17) is 9.47 Å². The van der Waals surface area contributed by atoms with Crippen molar-refractivity contribution < 1.29 is 14.3 Å². The summed E-state index contributed by atoms with van der Waals surface area (Å²) in [5.74, 6) is 0.677. The van der Waals surface area contributed by atoms with Crippen molar-refractivity contribution in [1.29, 1.82) is 5.26 Å². The van der Waals surface area contributed by atoms with Crippen LogP contribution in [0.1, 0.15) is 46.1 Å². The van der Waals surface area contributed by atoms with E-state index in [9.17, 15) is 10.1 Å². The molecule has 126 valence electrons. The molecular weight excluding hydrogens is 292 g/mol. The fourth-order valence-corrected chi connectivity index (χ4v) is 2.34. The van der Waals surface area contributed by atoms with Crippen LogP contribution in [0.5, 0.6) is 5.75 Å². The minimum absolute atomic E-state index is 0.257. The van der Waals surface area contributed by atoms with Crippen LogP contribution in [0.2, 0.25) is 0 Å². The van der Waals surface area contributed by atoms with E-state index in [1.807, 2.05) is 20.8 Å². The van der Waals surface area contributed by atoms with Crippen LogP contribution in [0.4, 0.5) is 5.69 Å². The molecule has 5 nitrogen and oxygen atoms in total. The Balaban J connectivity index is 2.95. The number of anilines is 1. The highest BCUT2D eigenvalue weighted by atomic mass is 16.5. The molecule has 0 bridgehead atoms. The van der Waals surface area contributed by atoms with Gasteiger partial charge >= 0.3 is 0 Å². The molecule has 0 heterocycles. The second-order valence-corrected chi connectivity index (χ2v) is 6.15. The summed E-state index contributed by atoms with van der Waals surface area (Å²) in [6, 6.07) is 7.17. The summed E-state index contributed by atoms with van der Waals surface area (Å²) in [7, 11) is 1.52. The summed E-state index contributed by atoms with van der Waals surface area (Å²) in [6.45, 7) is 8.43. The van der Waals surface area contributed by atoms with Crippen molar-refractivity contribution in [3.63, 3.8) is 0 Å². The Morgan fingerprint density at radius 1 is 1.43 bits per heavy atom. The molecule has 5 heteroatoms. The Bertz CT molecular complexity index is 578. The van der Waals surface area contributed by atoms with E-state index in [1.165, 1.54) is 7.11 Å². The maximum atomic E-state index is 12.5. The summed E-state index contributed by atoms with van der Waals surface area (Å²) in [4.78, 5) is 12.5. The van der Waals surface area contributed by atoms with Crippen LogP contribution in [-0.2, 0) is 9.53 Å². The van der Waals surface area contributed by atoms with Gasteiger partial charge < -0.3 is 14.8 Å². The van der Waals surface area contributed by atoms with E-state index >= 15 is 0 Å². The zero-order valence-electron chi connectivity index (χ0n) is 14.6. The molecule has 1 aromatic carbocycles. The van der Waals surface area contributed by atoms with E-state index in [2.05, 4.69) is 11.4 Å². The lowest BCUT2D eigenvalue weighted by molar-refractivity contribution is -0.137. The third kappa shape index (κ3) is 5.26. The smallest absolute Gasteiger partial charge is 0.256 e. The second-order valence-electron chi connectivity index (χ2n) is 6.15. The zero-order valence-corrected chi connectivity index (χ0v) is 14.6. The minimum atomic E-state index is -0.932. The maximum absolute atomic E-state index is 12.5. The molecule has 1 atom stereocenters. The predicted molar refractivity (Wildman–Crippen MR) is 90.4 cm³/mol. The monoisotopic (exact) mass is 318 g/mol. The van der Waals surface area contributed by atoms with Gasteiger partial charge in [-0.3, -0.25) is 4.79 Å². The molecule has 0 spiro atoms. The quantitative estimate of drug-likeness (QED) is 0.792. The number of carbonyl (C=O) groups is 1.